The number of carbonyl (C=O) groups excluding carboxylic acids is 1. The van der Waals surface area contributed by atoms with Gasteiger partial charge in [-0.15, -0.1) is 0 Å². The lowest BCUT2D eigenvalue weighted by atomic mass is 9.95. The number of benzene rings is 2. The van der Waals surface area contributed by atoms with Gasteiger partial charge < -0.3 is 9.80 Å². The number of anilines is 1. The number of hydrogen-bond donors (Lipinski definition) is 0. The van der Waals surface area contributed by atoms with Crippen LogP contribution in [0.15, 0.2) is 54.6 Å². The van der Waals surface area contributed by atoms with Crippen molar-refractivity contribution in [1.29, 1.82) is 0 Å². The van der Waals surface area contributed by atoms with Crippen LogP contribution in [0.4, 0.5) is 10.1 Å². The molecule has 0 aromatic heterocycles. The molecule has 3 nitrogen and oxygen atoms in total. The summed E-state index contributed by atoms with van der Waals surface area (Å²) >= 11 is 0. The first-order valence-corrected chi connectivity index (χ1v) is 9.50. The van der Waals surface area contributed by atoms with Gasteiger partial charge in [0.1, 0.15) is 5.82 Å². The maximum Gasteiger partial charge on any atom is 0.231 e. The van der Waals surface area contributed by atoms with Crippen LogP contribution in [-0.4, -0.2) is 37.0 Å². The first kappa shape index (κ1) is 18.6. The van der Waals surface area contributed by atoms with E-state index in [1.54, 1.807) is 0 Å². The van der Waals surface area contributed by atoms with E-state index in [2.05, 4.69) is 4.90 Å². The standard InChI is InChI=1S/C22H27FN2O/c1-2-25(21-8-4-3-5-9-21)22(26)19-7-6-15-24(17-19)16-14-18-10-12-20(23)13-11-18/h3-5,8-13,19H,2,6-7,14-17H2,1H3. The van der Waals surface area contributed by atoms with Gasteiger partial charge in [0.2, 0.25) is 5.91 Å². The fourth-order valence-corrected chi connectivity index (χ4v) is 3.69. The minimum absolute atomic E-state index is 0.0529. The Kier molecular flexibility index (Phi) is 6.40. The molecule has 2 aromatic carbocycles. The monoisotopic (exact) mass is 354 g/mol. The van der Waals surface area contributed by atoms with E-state index in [1.807, 2.05) is 54.3 Å². The molecule has 1 atom stereocenters. The molecule has 0 saturated carbocycles. The Labute approximate surface area is 155 Å². The molecule has 4 heteroatoms. The molecular formula is C22H27FN2O. The highest BCUT2D eigenvalue weighted by atomic mass is 19.1. The third kappa shape index (κ3) is 4.70. The first-order valence-electron chi connectivity index (χ1n) is 9.50. The van der Waals surface area contributed by atoms with E-state index >= 15 is 0 Å². The van der Waals surface area contributed by atoms with Gasteiger partial charge in [-0.05, 0) is 62.6 Å². The summed E-state index contributed by atoms with van der Waals surface area (Å²) < 4.78 is 13.0. The van der Waals surface area contributed by atoms with Crippen LogP contribution >= 0.6 is 0 Å². The Morgan fingerprint density at radius 2 is 1.88 bits per heavy atom. The number of hydrogen-bond acceptors (Lipinski definition) is 2. The Bertz CT molecular complexity index is 702. The van der Waals surface area contributed by atoms with E-state index in [0.717, 1.165) is 50.1 Å². The zero-order chi connectivity index (χ0) is 18.4. The molecule has 1 heterocycles. The van der Waals surface area contributed by atoms with Gasteiger partial charge in [0, 0.05) is 25.3 Å². The molecule has 1 amide bonds. The molecule has 0 N–H and O–H groups in total. The molecule has 1 unspecified atom stereocenters. The molecular weight excluding hydrogens is 327 g/mol. The summed E-state index contributed by atoms with van der Waals surface area (Å²) in [5.41, 5.74) is 2.11. The van der Waals surface area contributed by atoms with Crippen molar-refractivity contribution in [3.8, 4) is 0 Å². The van der Waals surface area contributed by atoms with Gasteiger partial charge >= 0.3 is 0 Å². The fraction of sp³-hybridized carbons (Fsp3) is 0.409. The number of rotatable bonds is 6. The van der Waals surface area contributed by atoms with E-state index in [9.17, 15) is 9.18 Å². The molecule has 0 spiro atoms. The van der Waals surface area contributed by atoms with Gasteiger partial charge in [-0.3, -0.25) is 4.79 Å². The summed E-state index contributed by atoms with van der Waals surface area (Å²) in [6.07, 6.45) is 2.89. The van der Waals surface area contributed by atoms with Crippen LogP contribution in [0.2, 0.25) is 0 Å². The van der Waals surface area contributed by atoms with Gasteiger partial charge in [-0.1, -0.05) is 30.3 Å². The maximum absolute atomic E-state index is 13.0. The summed E-state index contributed by atoms with van der Waals surface area (Å²) in [6, 6.07) is 16.6. The minimum Gasteiger partial charge on any atom is -0.312 e. The van der Waals surface area contributed by atoms with E-state index in [0.29, 0.717) is 6.54 Å². The van der Waals surface area contributed by atoms with Crippen molar-refractivity contribution < 1.29 is 9.18 Å². The maximum atomic E-state index is 13.0. The molecule has 1 fully saturated rings. The molecule has 138 valence electrons. The van der Waals surface area contributed by atoms with Gasteiger partial charge in [0.05, 0.1) is 5.92 Å². The molecule has 1 aliphatic rings. The minimum atomic E-state index is -0.196. The molecule has 26 heavy (non-hydrogen) atoms. The summed E-state index contributed by atoms with van der Waals surface area (Å²) in [7, 11) is 0. The van der Waals surface area contributed by atoms with Crippen LogP contribution in [-0.2, 0) is 11.2 Å². The highest BCUT2D eigenvalue weighted by Crippen LogP contribution is 2.23. The average Bonchev–Trinajstić information content (AvgIpc) is 2.69. The normalized spacial score (nSPS) is 17.8. The predicted octanol–water partition coefficient (Wildman–Crippen LogP) is 4.13. The van der Waals surface area contributed by atoms with Crippen molar-refractivity contribution in [3.63, 3.8) is 0 Å². The molecule has 0 aliphatic carbocycles. The largest absolute Gasteiger partial charge is 0.312 e. The van der Waals surface area contributed by atoms with Gasteiger partial charge in [0.25, 0.3) is 0 Å². The second-order valence-electron chi connectivity index (χ2n) is 6.93. The average molecular weight is 354 g/mol. The summed E-state index contributed by atoms with van der Waals surface area (Å²) in [4.78, 5) is 17.3. The zero-order valence-electron chi connectivity index (χ0n) is 15.4. The summed E-state index contributed by atoms with van der Waals surface area (Å²) in [6.45, 7) is 5.47. The summed E-state index contributed by atoms with van der Waals surface area (Å²) in [5, 5.41) is 0. The van der Waals surface area contributed by atoms with Crippen molar-refractivity contribution in [2.24, 2.45) is 5.92 Å². The Hall–Kier alpha value is -2.20. The SMILES string of the molecule is CCN(C(=O)C1CCCN(CCc2ccc(F)cc2)C1)c1ccccc1. The number of likely N-dealkylation sites (tertiary alicyclic amines) is 1. The quantitative estimate of drug-likeness (QED) is 0.779. The predicted molar refractivity (Wildman–Crippen MR) is 104 cm³/mol. The van der Waals surface area contributed by atoms with Gasteiger partial charge in [-0.2, -0.15) is 0 Å². The number of piperidine rings is 1. The number of para-hydroxylation sites is 1. The van der Waals surface area contributed by atoms with Crippen molar-refractivity contribution >= 4 is 11.6 Å². The lowest BCUT2D eigenvalue weighted by Crippen LogP contribution is -2.45. The molecule has 2 aromatic rings. The first-order chi connectivity index (χ1) is 12.7. The molecule has 0 radical (unpaired) electrons. The van der Waals surface area contributed by atoms with Gasteiger partial charge in [0.15, 0.2) is 0 Å². The van der Waals surface area contributed by atoms with E-state index in [-0.39, 0.29) is 17.6 Å². The second-order valence-corrected chi connectivity index (χ2v) is 6.93. The van der Waals surface area contributed by atoms with Crippen LogP contribution in [0.5, 0.6) is 0 Å². The van der Waals surface area contributed by atoms with Crippen molar-refractivity contribution in [2.45, 2.75) is 26.2 Å². The van der Waals surface area contributed by atoms with Crippen LogP contribution in [0.3, 0.4) is 0 Å². The Morgan fingerprint density at radius 3 is 2.58 bits per heavy atom. The smallest absolute Gasteiger partial charge is 0.231 e. The second kappa shape index (κ2) is 8.95. The molecule has 3 rings (SSSR count). The third-order valence-corrected chi connectivity index (χ3v) is 5.13. The Balaban J connectivity index is 1.58. The topological polar surface area (TPSA) is 23.6 Å². The number of halogens is 1. The molecule has 1 saturated heterocycles. The zero-order valence-corrected chi connectivity index (χ0v) is 15.4. The Morgan fingerprint density at radius 1 is 1.15 bits per heavy atom. The van der Waals surface area contributed by atoms with Crippen LogP contribution in [0.1, 0.15) is 25.3 Å². The highest BCUT2D eigenvalue weighted by molar-refractivity contribution is 5.95. The highest BCUT2D eigenvalue weighted by Gasteiger charge is 2.29. The van der Waals surface area contributed by atoms with Gasteiger partial charge in [-0.25, -0.2) is 4.39 Å². The lowest BCUT2D eigenvalue weighted by molar-refractivity contribution is -0.124. The lowest BCUT2D eigenvalue weighted by Gasteiger charge is -2.34. The van der Waals surface area contributed by atoms with E-state index < -0.39 is 0 Å². The van der Waals surface area contributed by atoms with E-state index in [1.165, 1.54) is 12.1 Å². The third-order valence-electron chi connectivity index (χ3n) is 5.13. The van der Waals surface area contributed by atoms with Crippen LogP contribution in [0.25, 0.3) is 0 Å². The number of amides is 1. The fourth-order valence-electron chi connectivity index (χ4n) is 3.69. The van der Waals surface area contributed by atoms with Crippen molar-refractivity contribution in [3.05, 3.63) is 66.0 Å². The number of carbonyl (C=O) groups is 1. The van der Waals surface area contributed by atoms with Crippen LogP contribution < -0.4 is 4.90 Å². The molecule has 1 aliphatic heterocycles. The van der Waals surface area contributed by atoms with E-state index in [4.69, 9.17) is 0 Å². The van der Waals surface area contributed by atoms with Crippen LogP contribution in [0, 0.1) is 11.7 Å². The van der Waals surface area contributed by atoms with Crippen molar-refractivity contribution in [1.82, 2.24) is 4.90 Å². The van der Waals surface area contributed by atoms with Crippen molar-refractivity contribution in [2.75, 3.05) is 31.1 Å². The molecule has 0 bridgehead atoms. The summed E-state index contributed by atoms with van der Waals surface area (Å²) in [5.74, 6) is 0.0836. The number of nitrogens with zero attached hydrogens (tertiary/aromatic N) is 2.